The second-order valence-electron chi connectivity index (χ2n) is 9.06. The Labute approximate surface area is 219 Å². The Hall–Kier alpha value is -2.36. The van der Waals surface area contributed by atoms with Crippen molar-refractivity contribution in [3.05, 3.63) is 40.6 Å². The van der Waals surface area contributed by atoms with E-state index >= 15 is 0 Å². The number of likely N-dealkylation sites (tertiary alicyclic amines) is 1. The van der Waals surface area contributed by atoms with E-state index < -0.39 is 0 Å². The van der Waals surface area contributed by atoms with Gasteiger partial charge in [0, 0.05) is 61.8 Å². The lowest BCUT2D eigenvalue weighted by atomic mass is 10.1. The van der Waals surface area contributed by atoms with Crippen molar-refractivity contribution in [3.8, 4) is 5.75 Å². The molecular weight excluding hydrogens is 478 g/mol. The van der Waals surface area contributed by atoms with Gasteiger partial charge in [-0.3, -0.25) is 9.69 Å². The van der Waals surface area contributed by atoms with Gasteiger partial charge in [0.1, 0.15) is 5.75 Å². The van der Waals surface area contributed by atoms with E-state index in [1.165, 1.54) is 37.2 Å². The molecule has 1 saturated heterocycles. The number of benzene rings is 1. The normalized spacial score (nSPS) is 13.8. The number of nitrogens with zero attached hydrogens (tertiary/aromatic N) is 2. The zero-order chi connectivity index (χ0) is 24.9. The lowest BCUT2D eigenvalue weighted by Crippen LogP contribution is -2.31. The fourth-order valence-corrected chi connectivity index (χ4v) is 4.97. The summed E-state index contributed by atoms with van der Waals surface area (Å²) >= 11 is 7.10. The molecule has 0 saturated carbocycles. The quantitative estimate of drug-likeness (QED) is 0.268. The molecule has 9 heteroatoms. The molecule has 2 aromatic rings. The Morgan fingerprint density at radius 3 is 2.57 bits per heavy atom. The third-order valence-electron chi connectivity index (χ3n) is 5.88. The topological polar surface area (TPSA) is 68.9 Å². The maximum atomic E-state index is 12.1. The van der Waals surface area contributed by atoms with Gasteiger partial charge in [-0.15, -0.1) is 11.3 Å². The van der Waals surface area contributed by atoms with Gasteiger partial charge in [0.25, 0.3) is 0 Å². The van der Waals surface area contributed by atoms with Crippen molar-refractivity contribution in [2.45, 2.75) is 45.1 Å². The molecule has 1 fully saturated rings. The Morgan fingerprint density at radius 2 is 1.83 bits per heavy atom. The molecule has 0 bridgehead atoms. The van der Waals surface area contributed by atoms with Crippen LogP contribution in [-0.4, -0.2) is 62.8 Å². The molecule has 0 aliphatic carbocycles. The van der Waals surface area contributed by atoms with Gasteiger partial charge in [0.2, 0.25) is 5.91 Å². The van der Waals surface area contributed by atoms with Crippen LogP contribution in [0.4, 0.5) is 11.4 Å². The number of rotatable bonds is 13. The highest BCUT2D eigenvalue weighted by Gasteiger charge is 2.12. The number of amides is 1. The van der Waals surface area contributed by atoms with Crippen LogP contribution < -0.4 is 25.6 Å². The standard InChI is InChI=1S/C26H39N5O2S2/c1-30(2)22-11-9-21(10-12-22)29-26(34)28-13-6-8-25(32)27-14-7-17-33-23-18-24(35-20-23)19-31-15-4-3-5-16-31/h9-12,18,20H,3-8,13-17,19H2,1-2H3,(H,27,32)(H2,28,29,34). The molecule has 0 atom stereocenters. The van der Waals surface area contributed by atoms with Crippen LogP contribution in [0.15, 0.2) is 35.7 Å². The van der Waals surface area contributed by atoms with E-state index in [1.54, 1.807) is 11.3 Å². The van der Waals surface area contributed by atoms with Gasteiger partial charge < -0.3 is 25.6 Å². The van der Waals surface area contributed by atoms with Crippen LogP contribution in [0, 0.1) is 0 Å². The first-order valence-electron chi connectivity index (χ1n) is 12.5. The maximum absolute atomic E-state index is 12.1. The lowest BCUT2D eigenvalue weighted by Gasteiger charge is -2.25. The van der Waals surface area contributed by atoms with E-state index in [-0.39, 0.29) is 5.91 Å². The number of ether oxygens (including phenoxy) is 1. The first-order chi connectivity index (χ1) is 17.0. The second kappa shape index (κ2) is 14.9. The maximum Gasteiger partial charge on any atom is 0.220 e. The van der Waals surface area contributed by atoms with E-state index in [0.717, 1.165) is 36.5 Å². The van der Waals surface area contributed by atoms with Gasteiger partial charge in [0.05, 0.1) is 6.61 Å². The minimum atomic E-state index is 0.0595. The summed E-state index contributed by atoms with van der Waals surface area (Å²) in [6.45, 7) is 5.33. The zero-order valence-corrected chi connectivity index (χ0v) is 22.6. The summed E-state index contributed by atoms with van der Waals surface area (Å²) in [4.78, 5) is 18.0. The minimum Gasteiger partial charge on any atom is -0.493 e. The molecule has 0 radical (unpaired) electrons. The van der Waals surface area contributed by atoms with Crippen LogP contribution in [0.3, 0.4) is 0 Å². The lowest BCUT2D eigenvalue weighted by molar-refractivity contribution is -0.121. The smallest absolute Gasteiger partial charge is 0.220 e. The summed E-state index contributed by atoms with van der Waals surface area (Å²) in [6, 6.07) is 10.2. The first kappa shape index (κ1) is 27.2. The van der Waals surface area contributed by atoms with Crippen molar-refractivity contribution in [3.63, 3.8) is 0 Å². The van der Waals surface area contributed by atoms with Crippen LogP contribution in [0.25, 0.3) is 0 Å². The number of thiophene rings is 1. The van der Waals surface area contributed by atoms with Gasteiger partial charge >= 0.3 is 0 Å². The summed E-state index contributed by atoms with van der Waals surface area (Å²) in [6.07, 6.45) is 5.97. The highest BCUT2D eigenvalue weighted by atomic mass is 32.1. The average molecular weight is 518 g/mol. The molecule has 1 aromatic carbocycles. The molecule has 7 nitrogen and oxygen atoms in total. The Balaban J connectivity index is 1.18. The monoisotopic (exact) mass is 517 g/mol. The first-order valence-corrected chi connectivity index (χ1v) is 13.8. The molecule has 1 aliphatic rings. The Morgan fingerprint density at radius 1 is 1.09 bits per heavy atom. The van der Waals surface area contributed by atoms with Gasteiger partial charge in [-0.1, -0.05) is 6.42 Å². The molecule has 0 unspecified atom stereocenters. The van der Waals surface area contributed by atoms with Crippen molar-refractivity contribution < 1.29 is 9.53 Å². The molecule has 192 valence electrons. The molecule has 2 heterocycles. The third kappa shape index (κ3) is 10.4. The summed E-state index contributed by atoms with van der Waals surface area (Å²) in [5, 5.41) is 11.9. The van der Waals surface area contributed by atoms with E-state index in [2.05, 4.69) is 37.2 Å². The zero-order valence-electron chi connectivity index (χ0n) is 21.0. The van der Waals surface area contributed by atoms with Crippen LogP contribution >= 0.6 is 23.6 Å². The van der Waals surface area contributed by atoms with Crippen LogP contribution in [0.5, 0.6) is 5.75 Å². The minimum absolute atomic E-state index is 0.0595. The predicted molar refractivity (Wildman–Crippen MR) is 151 cm³/mol. The highest BCUT2D eigenvalue weighted by Crippen LogP contribution is 2.24. The van der Waals surface area contributed by atoms with Crippen molar-refractivity contribution in [1.29, 1.82) is 0 Å². The van der Waals surface area contributed by atoms with Crippen LogP contribution in [0.1, 0.15) is 43.4 Å². The number of hydrogen-bond donors (Lipinski definition) is 3. The molecule has 3 N–H and O–H groups in total. The fourth-order valence-electron chi connectivity index (χ4n) is 3.90. The van der Waals surface area contributed by atoms with Gasteiger partial charge in [-0.2, -0.15) is 0 Å². The number of carbonyl (C=O) groups is 1. The van der Waals surface area contributed by atoms with Crippen molar-refractivity contribution in [1.82, 2.24) is 15.5 Å². The van der Waals surface area contributed by atoms with Gasteiger partial charge in [0.15, 0.2) is 5.11 Å². The van der Waals surface area contributed by atoms with Crippen molar-refractivity contribution in [2.24, 2.45) is 0 Å². The van der Waals surface area contributed by atoms with E-state index in [1.807, 2.05) is 38.4 Å². The summed E-state index contributed by atoms with van der Waals surface area (Å²) in [7, 11) is 4.02. The van der Waals surface area contributed by atoms with Crippen molar-refractivity contribution >= 4 is 45.9 Å². The third-order valence-corrected chi connectivity index (χ3v) is 7.02. The Kier molecular flexibility index (Phi) is 11.6. The average Bonchev–Trinajstić information content (AvgIpc) is 3.29. The molecule has 1 aliphatic heterocycles. The number of piperidine rings is 1. The number of nitrogens with one attached hydrogen (secondary N) is 3. The van der Waals surface area contributed by atoms with Gasteiger partial charge in [-0.05, 0) is 81.3 Å². The Bertz CT molecular complexity index is 911. The van der Waals surface area contributed by atoms with E-state index in [0.29, 0.717) is 31.2 Å². The molecule has 35 heavy (non-hydrogen) atoms. The van der Waals surface area contributed by atoms with Crippen LogP contribution in [-0.2, 0) is 11.3 Å². The predicted octanol–water partition coefficient (Wildman–Crippen LogP) is 4.45. The van der Waals surface area contributed by atoms with Crippen molar-refractivity contribution in [2.75, 3.05) is 57.1 Å². The SMILES string of the molecule is CN(C)c1ccc(NC(=S)NCCCC(=O)NCCCOc2csc(CN3CCCCC3)c2)cc1. The summed E-state index contributed by atoms with van der Waals surface area (Å²) in [5.74, 6) is 1.00. The largest absolute Gasteiger partial charge is 0.493 e. The van der Waals surface area contributed by atoms with Crippen LogP contribution in [0.2, 0.25) is 0 Å². The number of hydrogen-bond acceptors (Lipinski definition) is 6. The number of anilines is 2. The summed E-state index contributed by atoms with van der Waals surface area (Å²) < 4.78 is 5.86. The molecule has 1 amide bonds. The van der Waals surface area contributed by atoms with E-state index in [4.69, 9.17) is 17.0 Å². The highest BCUT2D eigenvalue weighted by molar-refractivity contribution is 7.80. The molecular formula is C26H39N5O2S2. The molecule has 3 rings (SSSR count). The molecule has 1 aromatic heterocycles. The molecule has 0 spiro atoms. The number of carbonyl (C=O) groups excluding carboxylic acids is 1. The fraction of sp³-hybridized carbons (Fsp3) is 0.538. The number of thiocarbonyl (C=S) groups is 1. The van der Waals surface area contributed by atoms with Gasteiger partial charge in [-0.25, -0.2) is 0 Å². The second-order valence-corrected chi connectivity index (χ2v) is 10.5. The summed E-state index contributed by atoms with van der Waals surface area (Å²) in [5.41, 5.74) is 2.07. The van der Waals surface area contributed by atoms with E-state index in [9.17, 15) is 4.79 Å².